The normalized spacial score (nSPS) is 19.6. The van der Waals surface area contributed by atoms with Crippen molar-refractivity contribution >= 4 is 27.7 Å². The quantitative estimate of drug-likeness (QED) is 0.594. The van der Waals surface area contributed by atoms with Crippen LogP contribution in [-0.2, 0) is 4.79 Å². The number of rotatable bonds is 2. The van der Waals surface area contributed by atoms with Crippen LogP contribution < -0.4 is 10.6 Å². The van der Waals surface area contributed by atoms with Gasteiger partial charge in [-0.15, -0.1) is 0 Å². The molecule has 1 aromatic rings. The molecule has 1 aliphatic heterocycles. The third kappa shape index (κ3) is 2.26. The minimum absolute atomic E-state index is 0.0226. The fourth-order valence-electron chi connectivity index (χ4n) is 0.936. The second-order valence-corrected chi connectivity index (χ2v) is 3.61. The largest absolute Gasteiger partial charge is 0.309 e. The number of anilines is 1. The van der Waals surface area contributed by atoms with E-state index in [0.717, 1.165) is 6.54 Å². The highest BCUT2D eigenvalue weighted by molar-refractivity contribution is 9.10. The van der Waals surface area contributed by atoms with Gasteiger partial charge in [0.25, 0.3) is 0 Å². The lowest BCUT2D eigenvalue weighted by Crippen LogP contribution is -2.20. The van der Waals surface area contributed by atoms with Crippen LogP contribution in [0.4, 0.5) is 5.82 Å². The molecule has 2 rings (SSSR count). The highest BCUT2D eigenvalue weighted by Crippen LogP contribution is 2.11. The maximum atomic E-state index is 11.3. The molecule has 0 unspecified atom stereocenters. The molecule has 0 bridgehead atoms. The van der Waals surface area contributed by atoms with Crippen molar-refractivity contribution in [2.45, 2.75) is 6.04 Å². The van der Waals surface area contributed by atoms with Gasteiger partial charge in [0.1, 0.15) is 10.4 Å². The summed E-state index contributed by atoms with van der Waals surface area (Å²) in [6.45, 7) is 0.764. The van der Waals surface area contributed by atoms with Crippen molar-refractivity contribution in [3.05, 3.63) is 22.8 Å². The van der Waals surface area contributed by atoms with Crippen LogP contribution in [-0.4, -0.2) is 23.5 Å². The molecule has 1 aromatic heterocycles. The fraction of sp³-hybridized carbons (Fsp3) is 0.250. The van der Waals surface area contributed by atoms with Gasteiger partial charge in [0.05, 0.1) is 6.04 Å². The Morgan fingerprint density at radius 2 is 2.46 bits per heavy atom. The number of carbonyl (C=O) groups is 1. The number of halogens is 1. The summed E-state index contributed by atoms with van der Waals surface area (Å²) < 4.78 is 0.717. The molecule has 13 heavy (non-hydrogen) atoms. The maximum Gasteiger partial charge on any atom is 0.243 e. The number of pyridine rings is 1. The predicted octanol–water partition coefficient (Wildman–Crippen LogP) is 0.754. The molecule has 1 atom stereocenters. The Hall–Kier alpha value is -0.940. The van der Waals surface area contributed by atoms with Gasteiger partial charge in [0, 0.05) is 6.54 Å². The summed E-state index contributed by atoms with van der Waals surface area (Å²) in [5.74, 6) is 0.554. The Balaban J connectivity index is 2.04. The third-order valence-electron chi connectivity index (χ3n) is 1.69. The second kappa shape index (κ2) is 3.43. The standard InChI is InChI=1S/C8H8BrN3O/c9-6-2-1-3-7(11-6)12-8(13)5-4-10-5/h1-3,5,10H,4H2,(H,11,12,13)/t5-/m0/s1. The zero-order valence-electron chi connectivity index (χ0n) is 6.75. The summed E-state index contributed by atoms with van der Waals surface area (Å²) in [7, 11) is 0. The molecule has 0 aliphatic carbocycles. The third-order valence-corrected chi connectivity index (χ3v) is 2.13. The van der Waals surface area contributed by atoms with Crippen molar-refractivity contribution in [2.24, 2.45) is 0 Å². The average molecular weight is 242 g/mol. The molecular weight excluding hydrogens is 234 g/mol. The van der Waals surface area contributed by atoms with Crippen molar-refractivity contribution in [2.75, 3.05) is 11.9 Å². The summed E-state index contributed by atoms with van der Waals surface area (Å²) in [5.41, 5.74) is 0. The van der Waals surface area contributed by atoms with Crippen LogP contribution in [0.15, 0.2) is 22.8 Å². The number of amides is 1. The van der Waals surface area contributed by atoms with Crippen molar-refractivity contribution in [3.63, 3.8) is 0 Å². The summed E-state index contributed by atoms with van der Waals surface area (Å²) >= 11 is 3.23. The number of nitrogens with one attached hydrogen (secondary N) is 2. The van der Waals surface area contributed by atoms with Gasteiger partial charge in [0.2, 0.25) is 5.91 Å². The summed E-state index contributed by atoms with van der Waals surface area (Å²) in [6, 6.07) is 5.36. The summed E-state index contributed by atoms with van der Waals surface area (Å²) in [6.07, 6.45) is 0. The van der Waals surface area contributed by atoms with Gasteiger partial charge in [0.15, 0.2) is 0 Å². The summed E-state index contributed by atoms with van der Waals surface area (Å²) in [4.78, 5) is 15.3. The van der Waals surface area contributed by atoms with Crippen molar-refractivity contribution in [3.8, 4) is 0 Å². The fourth-order valence-corrected chi connectivity index (χ4v) is 1.28. The summed E-state index contributed by atoms with van der Waals surface area (Å²) in [5, 5.41) is 5.62. The molecule has 0 radical (unpaired) electrons. The van der Waals surface area contributed by atoms with Crippen LogP contribution in [0.1, 0.15) is 0 Å². The van der Waals surface area contributed by atoms with E-state index < -0.39 is 0 Å². The highest BCUT2D eigenvalue weighted by atomic mass is 79.9. The van der Waals surface area contributed by atoms with Gasteiger partial charge >= 0.3 is 0 Å². The van der Waals surface area contributed by atoms with E-state index in [2.05, 4.69) is 31.5 Å². The Kier molecular flexibility index (Phi) is 2.28. The van der Waals surface area contributed by atoms with Crippen molar-refractivity contribution in [1.82, 2.24) is 10.3 Å². The molecule has 1 amide bonds. The molecule has 4 nitrogen and oxygen atoms in total. The first kappa shape index (κ1) is 8.65. The first-order valence-corrected chi connectivity index (χ1v) is 4.72. The lowest BCUT2D eigenvalue weighted by atomic mass is 10.4. The molecule has 68 valence electrons. The minimum Gasteiger partial charge on any atom is -0.309 e. The lowest BCUT2D eigenvalue weighted by Gasteiger charge is -2.01. The van der Waals surface area contributed by atoms with E-state index in [1.165, 1.54) is 0 Å². The average Bonchev–Trinajstić information content (AvgIpc) is 2.85. The molecule has 0 saturated carbocycles. The first-order valence-electron chi connectivity index (χ1n) is 3.92. The van der Waals surface area contributed by atoms with E-state index in [1.807, 2.05) is 12.1 Å². The van der Waals surface area contributed by atoms with Crippen LogP contribution in [0.2, 0.25) is 0 Å². The molecule has 1 saturated heterocycles. The van der Waals surface area contributed by atoms with E-state index in [9.17, 15) is 4.79 Å². The van der Waals surface area contributed by atoms with Gasteiger partial charge in [-0.3, -0.25) is 4.79 Å². The smallest absolute Gasteiger partial charge is 0.243 e. The van der Waals surface area contributed by atoms with E-state index in [0.29, 0.717) is 10.4 Å². The topological polar surface area (TPSA) is 63.9 Å². The van der Waals surface area contributed by atoms with Crippen LogP contribution in [0, 0.1) is 0 Å². The number of hydrogen-bond acceptors (Lipinski definition) is 3. The highest BCUT2D eigenvalue weighted by Gasteiger charge is 2.28. The van der Waals surface area contributed by atoms with E-state index in [4.69, 9.17) is 0 Å². The van der Waals surface area contributed by atoms with Crippen LogP contribution in [0.25, 0.3) is 0 Å². The molecule has 0 aromatic carbocycles. The van der Waals surface area contributed by atoms with E-state index in [-0.39, 0.29) is 11.9 Å². The van der Waals surface area contributed by atoms with Crippen LogP contribution in [0.3, 0.4) is 0 Å². The molecule has 5 heteroatoms. The molecular formula is C8H8BrN3O. The predicted molar refractivity (Wildman–Crippen MR) is 52.4 cm³/mol. The Bertz CT molecular complexity index is 338. The van der Waals surface area contributed by atoms with E-state index in [1.54, 1.807) is 6.07 Å². The Morgan fingerprint density at radius 1 is 1.69 bits per heavy atom. The molecule has 1 fully saturated rings. The second-order valence-electron chi connectivity index (χ2n) is 2.80. The number of aromatic nitrogens is 1. The molecule has 2 N–H and O–H groups in total. The molecule has 2 heterocycles. The number of carbonyl (C=O) groups excluding carboxylic acids is 1. The maximum absolute atomic E-state index is 11.3. The van der Waals surface area contributed by atoms with Gasteiger partial charge in [-0.1, -0.05) is 6.07 Å². The number of nitrogens with zero attached hydrogens (tertiary/aromatic N) is 1. The van der Waals surface area contributed by atoms with Crippen LogP contribution in [0.5, 0.6) is 0 Å². The molecule has 0 spiro atoms. The monoisotopic (exact) mass is 241 g/mol. The number of hydrogen-bond donors (Lipinski definition) is 2. The van der Waals surface area contributed by atoms with Crippen LogP contribution >= 0.6 is 15.9 Å². The van der Waals surface area contributed by atoms with Crippen molar-refractivity contribution < 1.29 is 4.79 Å². The Labute approximate surface area is 83.9 Å². The Morgan fingerprint density at radius 3 is 3.08 bits per heavy atom. The van der Waals surface area contributed by atoms with Crippen molar-refractivity contribution in [1.29, 1.82) is 0 Å². The van der Waals surface area contributed by atoms with Gasteiger partial charge in [-0.2, -0.15) is 0 Å². The van der Waals surface area contributed by atoms with Gasteiger partial charge in [-0.05, 0) is 28.1 Å². The minimum atomic E-state index is -0.0271. The molecule has 1 aliphatic rings. The van der Waals surface area contributed by atoms with E-state index >= 15 is 0 Å². The zero-order valence-corrected chi connectivity index (χ0v) is 8.34. The first-order chi connectivity index (χ1) is 6.25. The van der Waals surface area contributed by atoms with Gasteiger partial charge in [-0.25, -0.2) is 4.98 Å². The lowest BCUT2D eigenvalue weighted by molar-refractivity contribution is -0.115. The van der Waals surface area contributed by atoms with Gasteiger partial charge < -0.3 is 10.6 Å². The zero-order chi connectivity index (χ0) is 9.26. The SMILES string of the molecule is O=C(Nc1cccc(Br)n1)[C@@H]1CN1.